The number of carbonyl (C=O) groups excluding carboxylic acids is 3. The van der Waals surface area contributed by atoms with Gasteiger partial charge < -0.3 is 9.47 Å². The van der Waals surface area contributed by atoms with E-state index in [-0.39, 0.29) is 13.2 Å². The van der Waals surface area contributed by atoms with Crippen LogP contribution in [0.5, 0.6) is 11.5 Å². The van der Waals surface area contributed by atoms with Crippen molar-refractivity contribution in [2.75, 3.05) is 27.3 Å². The number of nitrogens with zero attached hydrogens (tertiary/aromatic N) is 2. The molecule has 1 aliphatic heterocycles. The summed E-state index contributed by atoms with van der Waals surface area (Å²) in [7, 11) is 2.83. The number of amides is 4. The Morgan fingerprint density at radius 2 is 1.60 bits per heavy atom. The lowest BCUT2D eigenvalue weighted by Gasteiger charge is -2.13. The molecule has 2 rings (SSSR count). The maximum atomic E-state index is 11.6. The Morgan fingerprint density at radius 1 is 1.00 bits per heavy atom. The van der Waals surface area contributed by atoms with Crippen molar-refractivity contribution in [1.82, 2.24) is 9.80 Å². The number of methoxy groups -OCH3 is 1. The molecule has 0 unspecified atom stereocenters. The van der Waals surface area contributed by atoms with Gasteiger partial charge in [-0.25, -0.2) is 4.79 Å². The second-order valence-electron chi connectivity index (χ2n) is 4.13. The quantitative estimate of drug-likeness (QED) is 0.579. The van der Waals surface area contributed by atoms with Gasteiger partial charge in [0.1, 0.15) is 18.1 Å². The van der Waals surface area contributed by atoms with Gasteiger partial charge in [0.2, 0.25) is 0 Å². The normalized spacial score (nSPS) is 15.0. The second kappa shape index (κ2) is 5.60. The summed E-state index contributed by atoms with van der Waals surface area (Å²) < 4.78 is 10.4. The third kappa shape index (κ3) is 2.56. The molecule has 7 heteroatoms. The van der Waals surface area contributed by atoms with Gasteiger partial charge in [-0.3, -0.25) is 19.4 Å². The fraction of sp³-hybridized carbons (Fsp3) is 0.308. The van der Waals surface area contributed by atoms with Crippen LogP contribution in [0.1, 0.15) is 0 Å². The minimum Gasteiger partial charge on any atom is -0.497 e. The van der Waals surface area contributed by atoms with Crippen molar-refractivity contribution in [3.63, 3.8) is 0 Å². The van der Waals surface area contributed by atoms with Crippen LogP contribution in [0, 0.1) is 0 Å². The number of benzene rings is 1. The molecule has 0 spiro atoms. The first-order valence-electron chi connectivity index (χ1n) is 5.95. The number of imide groups is 2. The van der Waals surface area contributed by atoms with Crippen LogP contribution in [0.4, 0.5) is 4.79 Å². The number of hydrogen-bond acceptors (Lipinski definition) is 5. The van der Waals surface area contributed by atoms with Gasteiger partial charge in [0.05, 0.1) is 13.7 Å². The molecule has 4 amide bonds. The van der Waals surface area contributed by atoms with Gasteiger partial charge in [-0.05, 0) is 24.3 Å². The summed E-state index contributed by atoms with van der Waals surface area (Å²) >= 11 is 0. The van der Waals surface area contributed by atoms with E-state index in [1.165, 1.54) is 7.05 Å². The van der Waals surface area contributed by atoms with E-state index in [0.717, 1.165) is 9.80 Å². The first-order chi connectivity index (χ1) is 9.54. The lowest BCUT2D eigenvalue weighted by Crippen LogP contribution is -2.35. The highest BCUT2D eigenvalue weighted by molar-refractivity contribution is 6.44. The fourth-order valence-corrected chi connectivity index (χ4v) is 1.74. The summed E-state index contributed by atoms with van der Waals surface area (Å²) in [5, 5.41) is 0. The SMILES string of the molecule is COc1ccc(OCCN2C(=O)C(=O)N(C)C2=O)cc1. The summed E-state index contributed by atoms with van der Waals surface area (Å²) in [5.74, 6) is -0.352. The molecule has 0 radical (unpaired) electrons. The first kappa shape index (κ1) is 13.9. The molecule has 1 aromatic rings. The van der Waals surface area contributed by atoms with E-state index in [0.29, 0.717) is 11.5 Å². The van der Waals surface area contributed by atoms with Crippen LogP contribution < -0.4 is 9.47 Å². The van der Waals surface area contributed by atoms with Gasteiger partial charge in [0.25, 0.3) is 0 Å². The maximum absolute atomic E-state index is 11.6. The number of urea groups is 1. The van der Waals surface area contributed by atoms with Crippen LogP contribution in [-0.4, -0.2) is 55.0 Å². The van der Waals surface area contributed by atoms with Gasteiger partial charge in [0.15, 0.2) is 0 Å². The highest BCUT2D eigenvalue weighted by Crippen LogP contribution is 2.17. The van der Waals surface area contributed by atoms with E-state index in [9.17, 15) is 14.4 Å². The topological polar surface area (TPSA) is 76.2 Å². The third-order valence-electron chi connectivity index (χ3n) is 2.89. The zero-order valence-corrected chi connectivity index (χ0v) is 11.2. The average Bonchev–Trinajstić information content (AvgIpc) is 2.65. The standard InChI is InChI=1S/C13H14N2O5/c1-14-11(16)12(17)15(13(14)18)7-8-20-10-5-3-9(19-2)4-6-10/h3-6H,7-8H2,1-2H3. The lowest BCUT2D eigenvalue weighted by molar-refractivity contribution is -0.142. The summed E-state index contributed by atoms with van der Waals surface area (Å²) in [6.07, 6.45) is 0. The van der Waals surface area contributed by atoms with Gasteiger partial charge in [-0.15, -0.1) is 0 Å². The van der Waals surface area contributed by atoms with Gasteiger partial charge in [-0.1, -0.05) is 0 Å². The Labute approximate surface area is 115 Å². The molecule has 1 aliphatic rings. The minimum absolute atomic E-state index is 0.0276. The predicted octanol–water partition coefficient (Wildman–Crippen LogP) is 0.495. The molecular formula is C13H14N2O5. The minimum atomic E-state index is -0.823. The molecule has 7 nitrogen and oxygen atoms in total. The molecule has 0 aliphatic carbocycles. The van der Waals surface area contributed by atoms with Crippen molar-refractivity contribution >= 4 is 17.8 Å². The summed E-state index contributed by atoms with van der Waals surface area (Å²) in [6, 6.07) is 6.27. The third-order valence-corrected chi connectivity index (χ3v) is 2.89. The Bertz CT molecular complexity index is 540. The Morgan fingerprint density at radius 3 is 2.10 bits per heavy atom. The number of rotatable bonds is 5. The van der Waals surface area contributed by atoms with E-state index < -0.39 is 17.8 Å². The number of hydrogen-bond donors (Lipinski definition) is 0. The summed E-state index contributed by atoms with van der Waals surface area (Å²) in [5.41, 5.74) is 0. The Hall–Kier alpha value is -2.57. The molecule has 1 saturated heterocycles. The van der Waals surface area contributed by atoms with Crippen molar-refractivity contribution in [2.24, 2.45) is 0 Å². The van der Waals surface area contributed by atoms with Gasteiger partial charge >= 0.3 is 17.8 Å². The van der Waals surface area contributed by atoms with E-state index >= 15 is 0 Å². The van der Waals surface area contributed by atoms with Crippen LogP contribution in [0.25, 0.3) is 0 Å². The molecule has 1 fully saturated rings. The van der Waals surface area contributed by atoms with Crippen molar-refractivity contribution in [3.8, 4) is 11.5 Å². The Kier molecular flexibility index (Phi) is 3.88. The summed E-state index contributed by atoms with van der Waals surface area (Å²) in [6.45, 7) is 0.144. The molecule has 20 heavy (non-hydrogen) atoms. The average molecular weight is 278 g/mol. The van der Waals surface area contributed by atoms with Crippen LogP contribution in [0.15, 0.2) is 24.3 Å². The molecular weight excluding hydrogens is 264 g/mol. The number of ether oxygens (including phenoxy) is 2. The zero-order valence-electron chi connectivity index (χ0n) is 11.2. The van der Waals surface area contributed by atoms with E-state index in [1.54, 1.807) is 31.4 Å². The smallest absolute Gasteiger partial charge is 0.334 e. The zero-order chi connectivity index (χ0) is 14.7. The highest BCUT2D eigenvalue weighted by Gasteiger charge is 2.41. The highest BCUT2D eigenvalue weighted by atomic mass is 16.5. The molecule has 0 saturated carbocycles. The molecule has 0 aromatic heterocycles. The van der Waals surface area contributed by atoms with Crippen LogP contribution in [0.2, 0.25) is 0 Å². The van der Waals surface area contributed by atoms with Crippen molar-refractivity contribution in [2.45, 2.75) is 0 Å². The molecule has 1 aromatic carbocycles. The van der Waals surface area contributed by atoms with Gasteiger partial charge in [-0.2, -0.15) is 0 Å². The van der Waals surface area contributed by atoms with Crippen LogP contribution >= 0.6 is 0 Å². The van der Waals surface area contributed by atoms with Crippen molar-refractivity contribution in [3.05, 3.63) is 24.3 Å². The van der Waals surface area contributed by atoms with Crippen LogP contribution in [-0.2, 0) is 9.59 Å². The molecule has 1 heterocycles. The van der Waals surface area contributed by atoms with Gasteiger partial charge in [0, 0.05) is 7.05 Å². The molecule has 0 N–H and O–H groups in total. The van der Waals surface area contributed by atoms with Crippen LogP contribution in [0.3, 0.4) is 0 Å². The predicted molar refractivity (Wildman–Crippen MR) is 68.4 cm³/mol. The maximum Gasteiger partial charge on any atom is 0.334 e. The van der Waals surface area contributed by atoms with E-state index in [2.05, 4.69) is 0 Å². The fourth-order valence-electron chi connectivity index (χ4n) is 1.74. The summed E-state index contributed by atoms with van der Waals surface area (Å²) in [4.78, 5) is 36.0. The second-order valence-corrected chi connectivity index (χ2v) is 4.13. The monoisotopic (exact) mass is 278 g/mol. The lowest BCUT2D eigenvalue weighted by atomic mass is 10.3. The van der Waals surface area contributed by atoms with E-state index in [4.69, 9.17) is 9.47 Å². The first-order valence-corrected chi connectivity index (χ1v) is 5.95. The largest absolute Gasteiger partial charge is 0.497 e. The van der Waals surface area contributed by atoms with E-state index in [1.807, 2.05) is 0 Å². The number of likely N-dealkylation sites (N-methyl/N-ethyl adjacent to an activating group) is 1. The molecule has 0 atom stereocenters. The molecule has 0 bridgehead atoms. The van der Waals surface area contributed by atoms with Crippen molar-refractivity contribution in [1.29, 1.82) is 0 Å². The molecule has 106 valence electrons. The van der Waals surface area contributed by atoms with Crippen molar-refractivity contribution < 1.29 is 23.9 Å². The Balaban J connectivity index is 1.88. The number of carbonyl (C=O) groups is 3.